The fourth-order valence-corrected chi connectivity index (χ4v) is 2.07. The van der Waals surface area contributed by atoms with Gasteiger partial charge in [0.05, 0.1) is 0 Å². The molecule has 0 saturated heterocycles. The van der Waals surface area contributed by atoms with E-state index in [1.807, 2.05) is 0 Å². The van der Waals surface area contributed by atoms with Crippen LogP contribution in [0.15, 0.2) is 24.3 Å². The second kappa shape index (κ2) is 8.59. The van der Waals surface area contributed by atoms with Crippen LogP contribution in [0.4, 0.5) is 9.18 Å². The summed E-state index contributed by atoms with van der Waals surface area (Å²) in [6.45, 7) is 1.99. The number of unbranched alkanes of at least 4 members (excludes halogenated alkanes) is 2. The summed E-state index contributed by atoms with van der Waals surface area (Å²) in [6, 6.07) is 5.59. The van der Waals surface area contributed by atoms with E-state index >= 15 is 0 Å². The van der Waals surface area contributed by atoms with Crippen LogP contribution in [-0.4, -0.2) is 20.0 Å². The normalized spacial score (nSPS) is 13.7. The molecule has 6 heteroatoms. The number of amides is 1. The molecule has 1 aromatic carbocycles. The first-order valence-electron chi connectivity index (χ1n) is 6.91. The Bertz CT molecular complexity index is 438. The van der Waals surface area contributed by atoms with Crippen molar-refractivity contribution in [2.45, 2.75) is 38.4 Å². The minimum atomic E-state index is -1.36. The summed E-state index contributed by atoms with van der Waals surface area (Å²) in [5, 5.41) is 0. The summed E-state index contributed by atoms with van der Waals surface area (Å²) >= 11 is 0. The van der Waals surface area contributed by atoms with Gasteiger partial charge >= 0.3 is 6.09 Å². The highest BCUT2D eigenvalue weighted by Gasteiger charge is 2.37. The van der Waals surface area contributed by atoms with Crippen LogP contribution in [0.1, 0.15) is 38.2 Å². The van der Waals surface area contributed by atoms with Crippen LogP contribution in [0.2, 0.25) is 0 Å². The Kier molecular flexibility index (Phi) is 7.11. The van der Waals surface area contributed by atoms with Gasteiger partial charge in [-0.25, -0.2) is 9.18 Å². The number of primary amides is 1. The molecule has 0 bridgehead atoms. The largest absolute Gasteiger partial charge is 0.412 e. The topological polar surface area (TPSA) is 70.8 Å². The van der Waals surface area contributed by atoms with Crippen molar-refractivity contribution in [1.29, 1.82) is 0 Å². The van der Waals surface area contributed by atoms with E-state index in [1.54, 1.807) is 0 Å². The van der Waals surface area contributed by atoms with Gasteiger partial charge in [0.2, 0.25) is 5.79 Å². The van der Waals surface area contributed by atoms with Crippen LogP contribution in [0.25, 0.3) is 0 Å². The minimum Gasteiger partial charge on any atom is -0.412 e. The number of halogens is 1. The maximum Gasteiger partial charge on any atom is 0.407 e. The molecule has 0 heterocycles. The lowest BCUT2D eigenvalue weighted by Gasteiger charge is -2.32. The van der Waals surface area contributed by atoms with Gasteiger partial charge < -0.3 is 19.9 Å². The highest BCUT2D eigenvalue weighted by Crippen LogP contribution is 2.33. The molecule has 0 radical (unpaired) electrons. The van der Waals surface area contributed by atoms with E-state index in [0.29, 0.717) is 12.0 Å². The van der Waals surface area contributed by atoms with Crippen molar-refractivity contribution in [3.63, 3.8) is 0 Å². The number of hydrogen-bond donors (Lipinski definition) is 1. The van der Waals surface area contributed by atoms with E-state index in [1.165, 1.54) is 31.4 Å². The van der Waals surface area contributed by atoms with E-state index in [4.69, 9.17) is 19.9 Å². The molecule has 0 unspecified atom stereocenters. The fraction of sp³-hybridized carbons (Fsp3) is 0.533. The summed E-state index contributed by atoms with van der Waals surface area (Å²) in [7, 11) is 1.46. The predicted molar refractivity (Wildman–Crippen MR) is 75.8 cm³/mol. The van der Waals surface area contributed by atoms with E-state index in [2.05, 4.69) is 6.92 Å². The summed E-state index contributed by atoms with van der Waals surface area (Å²) < 4.78 is 28.8. The lowest BCUT2D eigenvalue weighted by molar-refractivity contribution is -0.252. The maximum atomic E-state index is 13.1. The summed E-state index contributed by atoms with van der Waals surface area (Å²) in [5.74, 6) is -1.74. The Labute approximate surface area is 124 Å². The first-order valence-corrected chi connectivity index (χ1v) is 6.91. The standard InChI is InChI=1S/C15H22FNO4/c1-3-4-5-10-15(20-11-19-2,21-14(17)18)12-6-8-13(16)9-7-12/h6-9H,3-5,10-11H2,1-2H3,(H2,17,18)/t15-/m0/s1. The lowest BCUT2D eigenvalue weighted by atomic mass is 9.98. The summed E-state index contributed by atoms with van der Waals surface area (Å²) in [6.07, 6.45) is 2.18. The highest BCUT2D eigenvalue weighted by molar-refractivity contribution is 5.65. The van der Waals surface area contributed by atoms with E-state index < -0.39 is 11.9 Å². The van der Waals surface area contributed by atoms with Crippen molar-refractivity contribution < 1.29 is 23.4 Å². The summed E-state index contributed by atoms with van der Waals surface area (Å²) in [5.41, 5.74) is 5.69. The van der Waals surface area contributed by atoms with Gasteiger partial charge in [-0.15, -0.1) is 0 Å². The molecule has 1 amide bonds. The van der Waals surface area contributed by atoms with Crippen LogP contribution in [0, 0.1) is 5.82 Å². The van der Waals surface area contributed by atoms with Crippen molar-refractivity contribution in [2.24, 2.45) is 5.73 Å². The van der Waals surface area contributed by atoms with Crippen molar-refractivity contribution >= 4 is 6.09 Å². The second-order valence-corrected chi connectivity index (χ2v) is 4.69. The number of methoxy groups -OCH3 is 1. The third-order valence-corrected chi connectivity index (χ3v) is 3.07. The molecular weight excluding hydrogens is 277 g/mol. The summed E-state index contributed by atoms with van der Waals surface area (Å²) in [4.78, 5) is 11.3. The van der Waals surface area contributed by atoms with Crippen molar-refractivity contribution in [2.75, 3.05) is 13.9 Å². The van der Waals surface area contributed by atoms with Gasteiger partial charge in [0.25, 0.3) is 0 Å². The zero-order valence-electron chi connectivity index (χ0n) is 12.4. The predicted octanol–water partition coefficient (Wildman–Crippen LogP) is 3.27. The zero-order chi connectivity index (χ0) is 15.7. The van der Waals surface area contributed by atoms with Crippen molar-refractivity contribution in [1.82, 2.24) is 0 Å². The SMILES string of the molecule is CCCCC[C@](OCOC)(OC(N)=O)c1ccc(F)cc1. The molecule has 0 aliphatic heterocycles. The smallest absolute Gasteiger partial charge is 0.407 e. The Hall–Kier alpha value is -1.66. The molecule has 118 valence electrons. The first-order chi connectivity index (χ1) is 10.0. The van der Waals surface area contributed by atoms with Gasteiger partial charge in [-0.2, -0.15) is 0 Å². The average Bonchev–Trinajstić information content (AvgIpc) is 2.45. The highest BCUT2D eigenvalue weighted by atomic mass is 19.1. The number of rotatable bonds is 9. The average molecular weight is 299 g/mol. The van der Waals surface area contributed by atoms with E-state index in [9.17, 15) is 9.18 Å². The minimum absolute atomic E-state index is 0.0726. The van der Waals surface area contributed by atoms with E-state index in [-0.39, 0.29) is 12.6 Å². The molecule has 0 spiro atoms. The third kappa shape index (κ3) is 5.32. The molecule has 0 aliphatic carbocycles. The first kappa shape index (κ1) is 17.4. The molecule has 0 aliphatic rings. The Balaban J connectivity index is 3.06. The third-order valence-electron chi connectivity index (χ3n) is 3.07. The molecule has 1 aromatic rings. The zero-order valence-corrected chi connectivity index (χ0v) is 12.4. The second-order valence-electron chi connectivity index (χ2n) is 4.69. The molecule has 5 nitrogen and oxygen atoms in total. The van der Waals surface area contributed by atoms with Gasteiger partial charge in [-0.1, -0.05) is 19.8 Å². The molecule has 0 fully saturated rings. The van der Waals surface area contributed by atoms with Crippen molar-refractivity contribution in [3.8, 4) is 0 Å². The van der Waals surface area contributed by atoms with Gasteiger partial charge in [-0.3, -0.25) is 0 Å². The molecule has 1 rings (SSSR count). The number of hydrogen-bond acceptors (Lipinski definition) is 4. The van der Waals surface area contributed by atoms with Crippen LogP contribution in [0.3, 0.4) is 0 Å². The molecule has 0 saturated carbocycles. The molecule has 21 heavy (non-hydrogen) atoms. The molecule has 2 N–H and O–H groups in total. The fourth-order valence-electron chi connectivity index (χ4n) is 2.07. The Morgan fingerprint density at radius 3 is 2.48 bits per heavy atom. The number of carbonyl (C=O) groups is 1. The molecular formula is C15H22FNO4. The van der Waals surface area contributed by atoms with E-state index in [0.717, 1.165) is 19.3 Å². The Morgan fingerprint density at radius 2 is 1.95 bits per heavy atom. The van der Waals surface area contributed by atoms with Gasteiger partial charge in [-0.05, 0) is 30.7 Å². The van der Waals surface area contributed by atoms with Crippen LogP contribution < -0.4 is 5.73 Å². The van der Waals surface area contributed by atoms with Gasteiger partial charge in [0, 0.05) is 19.1 Å². The van der Waals surface area contributed by atoms with Crippen LogP contribution in [0.5, 0.6) is 0 Å². The monoisotopic (exact) mass is 299 g/mol. The quantitative estimate of drug-likeness (QED) is 0.561. The number of benzene rings is 1. The number of carbonyl (C=O) groups excluding carboxylic acids is 1. The van der Waals surface area contributed by atoms with Crippen molar-refractivity contribution in [3.05, 3.63) is 35.6 Å². The van der Waals surface area contributed by atoms with Crippen LogP contribution in [-0.2, 0) is 20.0 Å². The van der Waals surface area contributed by atoms with Crippen LogP contribution >= 0.6 is 0 Å². The molecule has 0 aromatic heterocycles. The number of nitrogens with two attached hydrogens (primary N) is 1. The lowest BCUT2D eigenvalue weighted by Crippen LogP contribution is -2.38. The van der Waals surface area contributed by atoms with Gasteiger partial charge in [0.1, 0.15) is 5.82 Å². The maximum absolute atomic E-state index is 13.1. The molecule has 1 atom stereocenters. The van der Waals surface area contributed by atoms with Gasteiger partial charge in [0.15, 0.2) is 6.79 Å². The Morgan fingerprint density at radius 1 is 1.29 bits per heavy atom. The number of ether oxygens (including phenoxy) is 3.